The molecule has 0 saturated heterocycles. The van der Waals surface area contributed by atoms with Crippen LogP contribution in [0.3, 0.4) is 0 Å². The number of hydrogen-bond acceptors (Lipinski definition) is 1. The average Bonchev–Trinajstić information content (AvgIpc) is 2.70. The first kappa shape index (κ1) is 14.6. The number of aliphatic hydroxyl groups is 1. The summed E-state index contributed by atoms with van der Waals surface area (Å²) in [7, 11) is 0. The van der Waals surface area contributed by atoms with Crippen molar-refractivity contribution in [3.63, 3.8) is 0 Å². The van der Waals surface area contributed by atoms with Crippen LogP contribution in [0.15, 0.2) is 18.2 Å². The molecule has 0 amide bonds. The molecular formula is C18H28O. The van der Waals surface area contributed by atoms with E-state index >= 15 is 0 Å². The van der Waals surface area contributed by atoms with Crippen LogP contribution >= 0.6 is 0 Å². The van der Waals surface area contributed by atoms with Crippen molar-refractivity contribution in [3.8, 4) is 0 Å². The minimum absolute atomic E-state index is 0.732. The minimum Gasteiger partial charge on any atom is -0.386 e. The summed E-state index contributed by atoms with van der Waals surface area (Å²) in [4.78, 5) is 0. The van der Waals surface area contributed by atoms with E-state index in [1.54, 1.807) is 0 Å². The summed E-state index contributed by atoms with van der Waals surface area (Å²) in [6.45, 7) is 8.30. The standard InChI is InChI=1S/C18H28O/c1-13-8-11-17(18(3,4)19)16(12-13)10-9-15-7-5-6-14(15)2/h8,11-12,14-15,19H,5-7,9-10H2,1-4H3/t14-,15+/m0/s1. The van der Waals surface area contributed by atoms with E-state index in [-0.39, 0.29) is 0 Å². The summed E-state index contributed by atoms with van der Waals surface area (Å²) >= 11 is 0. The highest BCUT2D eigenvalue weighted by Gasteiger charge is 2.24. The normalized spacial score (nSPS) is 23.8. The monoisotopic (exact) mass is 260 g/mol. The van der Waals surface area contributed by atoms with Crippen LogP contribution in [0.4, 0.5) is 0 Å². The van der Waals surface area contributed by atoms with Crippen molar-refractivity contribution in [1.29, 1.82) is 0 Å². The molecule has 0 aliphatic heterocycles. The van der Waals surface area contributed by atoms with E-state index in [1.807, 2.05) is 13.8 Å². The van der Waals surface area contributed by atoms with Gasteiger partial charge in [-0.3, -0.25) is 0 Å². The molecule has 106 valence electrons. The molecule has 0 unspecified atom stereocenters. The Labute approximate surface area is 118 Å². The van der Waals surface area contributed by atoms with Crippen molar-refractivity contribution in [2.75, 3.05) is 0 Å². The number of hydrogen-bond donors (Lipinski definition) is 1. The van der Waals surface area contributed by atoms with Crippen molar-refractivity contribution >= 4 is 0 Å². The molecule has 0 aromatic heterocycles. The van der Waals surface area contributed by atoms with Gasteiger partial charge in [0, 0.05) is 0 Å². The van der Waals surface area contributed by atoms with E-state index in [0.717, 1.165) is 23.8 Å². The maximum atomic E-state index is 10.3. The van der Waals surface area contributed by atoms with Crippen LogP contribution < -0.4 is 0 Å². The summed E-state index contributed by atoms with van der Waals surface area (Å²) in [5.74, 6) is 1.77. The van der Waals surface area contributed by atoms with Crippen molar-refractivity contribution < 1.29 is 5.11 Å². The lowest BCUT2D eigenvalue weighted by Crippen LogP contribution is -2.18. The topological polar surface area (TPSA) is 20.2 Å². The number of rotatable bonds is 4. The fourth-order valence-electron chi connectivity index (χ4n) is 3.52. The molecule has 0 radical (unpaired) electrons. The number of benzene rings is 1. The van der Waals surface area contributed by atoms with Gasteiger partial charge >= 0.3 is 0 Å². The van der Waals surface area contributed by atoms with Gasteiger partial charge in [-0.2, -0.15) is 0 Å². The van der Waals surface area contributed by atoms with Crippen molar-refractivity contribution in [1.82, 2.24) is 0 Å². The zero-order valence-corrected chi connectivity index (χ0v) is 12.9. The quantitative estimate of drug-likeness (QED) is 0.839. The van der Waals surface area contributed by atoms with E-state index in [9.17, 15) is 5.11 Å². The van der Waals surface area contributed by atoms with Gasteiger partial charge in [0.25, 0.3) is 0 Å². The van der Waals surface area contributed by atoms with Crippen LogP contribution in [-0.4, -0.2) is 5.11 Å². The van der Waals surface area contributed by atoms with Crippen molar-refractivity contribution in [2.45, 2.75) is 65.4 Å². The third kappa shape index (κ3) is 3.60. The van der Waals surface area contributed by atoms with Gasteiger partial charge in [0.2, 0.25) is 0 Å². The van der Waals surface area contributed by atoms with E-state index in [0.29, 0.717) is 0 Å². The molecule has 1 aromatic carbocycles. The molecule has 1 heteroatoms. The maximum absolute atomic E-state index is 10.3. The third-order valence-corrected chi connectivity index (χ3v) is 4.74. The SMILES string of the molecule is Cc1ccc(C(C)(C)O)c(CC[C@H]2CCC[C@@H]2C)c1. The Morgan fingerprint density at radius 3 is 2.58 bits per heavy atom. The van der Waals surface area contributed by atoms with Crippen LogP contribution in [0.5, 0.6) is 0 Å². The van der Waals surface area contributed by atoms with Crippen LogP contribution in [0.25, 0.3) is 0 Å². The first-order valence-electron chi connectivity index (χ1n) is 7.70. The summed E-state index contributed by atoms with van der Waals surface area (Å²) in [5, 5.41) is 10.3. The summed E-state index contributed by atoms with van der Waals surface area (Å²) < 4.78 is 0. The Bertz CT molecular complexity index is 428. The van der Waals surface area contributed by atoms with Gasteiger partial charge in [-0.1, -0.05) is 49.9 Å². The maximum Gasteiger partial charge on any atom is 0.0843 e. The molecule has 1 aliphatic carbocycles. The zero-order valence-electron chi connectivity index (χ0n) is 12.9. The van der Waals surface area contributed by atoms with Crippen LogP contribution in [0.1, 0.15) is 63.1 Å². The Kier molecular flexibility index (Phi) is 4.35. The molecule has 2 atom stereocenters. The van der Waals surface area contributed by atoms with Gasteiger partial charge in [-0.25, -0.2) is 0 Å². The van der Waals surface area contributed by atoms with Crippen molar-refractivity contribution in [3.05, 3.63) is 34.9 Å². The predicted octanol–water partition coefficient (Wildman–Crippen LogP) is 4.59. The highest BCUT2D eigenvalue weighted by molar-refractivity contribution is 5.35. The second kappa shape index (κ2) is 5.66. The lowest BCUT2D eigenvalue weighted by molar-refractivity contribution is 0.0775. The Balaban J connectivity index is 2.12. The van der Waals surface area contributed by atoms with Gasteiger partial charge in [0.1, 0.15) is 0 Å². The molecule has 0 bridgehead atoms. The highest BCUT2D eigenvalue weighted by Crippen LogP contribution is 2.35. The molecule has 1 N–H and O–H groups in total. The first-order valence-corrected chi connectivity index (χ1v) is 7.70. The summed E-state index contributed by atoms with van der Waals surface area (Å²) in [5.41, 5.74) is 3.00. The lowest BCUT2D eigenvalue weighted by Gasteiger charge is -2.23. The van der Waals surface area contributed by atoms with Gasteiger partial charge in [-0.15, -0.1) is 0 Å². The molecule has 1 aliphatic rings. The minimum atomic E-state index is -0.732. The van der Waals surface area contributed by atoms with Gasteiger partial charge in [0.15, 0.2) is 0 Å². The van der Waals surface area contributed by atoms with Crippen molar-refractivity contribution in [2.24, 2.45) is 11.8 Å². The fraction of sp³-hybridized carbons (Fsp3) is 0.667. The van der Waals surface area contributed by atoms with Crippen LogP contribution in [0.2, 0.25) is 0 Å². The first-order chi connectivity index (χ1) is 8.88. The molecule has 0 spiro atoms. The fourth-order valence-corrected chi connectivity index (χ4v) is 3.52. The molecule has 1 aromatic rings. The smallest absolute Gasteiger partial charge is 0.0843 e. The second-order valence-electron chi connectivity index (χ2n) is 6.93. The molecule has 0 heterocycles. The summed E-state index contributed by atoms with van der Waals surface area (Å²) in [6.07, 6.45) is 6.57. The molecule has 19 heavy (non-hydrogen) atoms. The summed E-state index contributed by atoms with van der Waals surface area (Å²) in [6, 6.07) is 6.46. The van der Waals surface area contributed by atoms with Gasteiger partial charge in [-0.05, 0) is 56.6 Å². The lowest BCUT2D eigenvalue weighted by atomic mass is 9.86. The van der Waals surface area contributed by atoms with E-state index in [4.69, 9.17) is 0 Å². The van der Waals surface area contributed by atoms with Crippen LogP contribution in [-0.2, 0) is 12.0 Å². The molecular weight excluding hydrogens is 232 g/mol. The highest BCUT2D eigenvalue weighted by atomic mass is 16.3. The molecule has 1 nitrogen and oxygen atoms in total. The molecule has 2 rings (SSSR count). The Hall–Kier alpha value is -0.820. The molecule has 1 saturated carbocycles. The second-order valence-corrected chi connectivity index (χ2v) is 6.93. The van der Waals surface area contributed by atoms with E-state index in [1.165, 1.54) is 36.8 Å². The van der Waals surface area contributed by atoms with Gasteiger partial charge in [0.05, 0.1) is 5.60 Å². The average molecular weight is 260 g/mol. The Morgan fingerprint density at radius 1 is 1.26 bits per heavy atom. The largest absolute Gasteiger partial charge is 0.386 e. The number of aryl methyl sites for hydroxylation is 2. The van der Waals surface area contributed by atoms with E-state index in [2.05, 4.69) is 32.0 Å². The predicted molar refractivity (Wildman–Crippen MR) is 81.2 cm³/mol. The Morgan fingerprint density at radius 2 is 2.00 bits per heavy atom. The van der Waals surface area contributed by atoms with E-state index < -0.39 is 5.60 Å². The molecule has 1 fully saturated rings. The zero-order chi connectivity index (χ0) is 14.0. The van der Waals surface area contributed by atoms with Gasteiger partial charge < -0.3 is 5.11 Å². The third-order valence-electron chi connectivity index (χ3n) is 4.74. The van der Waals surface area contributed by atoms with Crippen LogP contribution in [0, 0.1) is 18.8 Å².